The number of rotatable bonds is 8. The Labute approximate surface area is 157 Å². The lowest BCUT2D eigenvalue weighted by Crippen LogP contribution is -2.44. The van der Waals surface area contributed by atoms with Gasteiger partial charge in [-0.05, 0) is 31.4 Å². The first kappa shape index (κ1) is 20.6. The second kappa shape index (κ2) is 9.28. The van der Waals surface area contributed by atoms with E-state index in [-0.39, 0.29) is 6.04 Å². The van der Waals surface area contributed by atoms with Crippen molar-refractivity contribution in [3.63, 3.8) is 0 Å². The molecule has 0 saturated heterocycles. The number of sulfonamides is 1. The van der Waals surface area contributed by atoms with Gasteiger partial charge in [0.25, 0.3) is 5.91 Å². The lowest BCUT2D eigenvalue weighted by molar-refractivity contribution is -0.149. The second-order valence-electron chi connectivity index (χ2n) is 6.00. The highest BCUT2D eigenvalue weighted by molar-refractivity contribution is 7.92. The Morgan fingerprint density at radius 1 is 1.22 bits per heavy atom. The maximum atomic E-state index is 12.0. The summed E-state index contributed by atoms with van der Waals surface area (Å²) >= 11 is 0. The van der Waals surface area contributed by atoms with Crippen molar-refractivity contribution in [3.8, 4) is 0 Å². The van der Waals surface area contributed by atoms with E-state index in [1.54, 1.807) is 30.3 Å². The zero-order valence-electron chi connectivity index (χ0n) is 14.7. The SMILES string of the molecule is C[C@H](NS(=O)(=O)/C=C/c1ccccc1)C(=O)OCC(=O)NC(=O)NC1CC1. The standard InChI is InChI=1S/C17H21N3O6S/c1-12(20-27(24,25)10-9-13-5-3-2-4-6-13)16(22)26-11-15(21)19-17(23)18-14-7-8-14/h2-6,9-10,12,14,20H,7-8,11H2,1H3,(H2,18,19,21,23)/b10-9+/t12-/m0/s1. The van der Waals surface area contributed by atoms with E-state index in [4.69, 9.17) is 4.74 Å². The van der Waals surface area contributed by atoms with Crippen LogP contribution in [-0.4, -0.2) is 45.0 Å². The highest BCUT2D eigenvalue weighted by atomic mass is 32.2. The molecule has 1 aliphatic rings. The maximum Gasteiger partial charge on any atom is 0.324 e. The van der Waals surface area contributed by atoms with Gasteiger partial charge in [0.15, 0.2) is 6.61 Å². The number of ether oxygens (including phenoxy) is 1. The highest BCUT2D eigenvalue weighted by Gasteiger charge is 2.24. The molecule has 0 unspecified atom stereocenters. The Hall–Kier alpha value is -2.72. The fraction of sp³-hybridized carbons (Fsp3) is 0.353. The third-order valence-corrected chi connectivity index (χ3v) is 4.62. The van der Waals surface area contributed by atoms with Gasteiger partial charge in [-0.25, -0.2) is 13.2 Å². The fourth-order valence-corrected chi connectivity index (χ4v) is 2.94. The largest absolute Gasteiger partial charge is 0.454 e. The minimum Gasteiger partial charge on any atom is -0.454 e. The molecule has 1 saturated carbocycles. The van der Waals surface area contributed by atoms with E-state index in [1.807, 2.05) is 5.32 Å². The van der Waals surface area contributed by atoms with Crippen molar-refractivity contribution in [2.45, 2.75) is 31.8 Å². The van der Waals surface area contributed by atoms with Gasteiger partial charge < -0.3 is 10.1 Å². The van der Waals surface area contributed by atoms with E-state index in [0.717, 1.165) is 18.2 Å². The Morgan fingerprint density at radius 2 is 1.89 bits per heavy atom. The van der Waals surface area contributed by atoms with Crippen molar-refractivity contribution < 1.29 is 27.5 Å². The Bertz CT molecular complexity index is 818. The number of carbonyl (C=O) groups is 3. The lowest BCUT2D eigenvalue weighted by atomic mass is 10.2. The molecule has 2 rings (SSSR count). The monoisotopic (exact) mass is 395 g/mol. The van der Waals surface area contributed by atoms with Gasteiger partial charge in [-0.2, -0.15) is 4.72 Å². The molecule has 146 valence electrons. The van der Waals surface area contributed by atoms with Crippen molar-refractivity contribution in [2.24, 2.45) is 0 Å². The zero-order valence-corrected chi connectivity index (χ0v) is 15.5. The highest BCUT2D eigenvalue weighted by Crippen LogP contribution is 2.18. The lowest BCUT2D eigenvalue weighted by Gasteiger charge is -2.12. The van der Waals surface area contributed by atoms with Gasteiger partial charge in [0.05, 0.1) is 0 Å². The maximum absolute atomic E-state index is 12.0. The van der Waals surface area contributed by atoms with Gasteiger partial charge in [-0.1, -0.05) is 30.3 Å². The predicted octanol–water partition coefficient (Wildman–Crippen LogP) is 0.497. The van der Waals surface area contributed by atoms with Crippen LogP contribution in [0.3, 0.4) is 0 Å². The van der Waals surface area contributed by atoms with Gasteiger partial charge >= 0.3 is 12.0 Å². The van der Waals surface area contributed by atoms with E-state index in [1.165, 1.54) is 13.0 Å². The molecule has 0 bridgehead atoms. The number of hydrogen-bond donors (Lipinski definition) is 3. The van der Waals surface area contributed by atoms with Crippen LogP contribution in [0, 0.1) is 0 Å². The van der Waals surface area contributed by atoms with Gasteiger partial charge in [-0.15, -0.1) is 0 Å². The van der Waals surface area contributed by atoms with Crippen LogP contribution in [0.1, 0.15) is 25.3 Å². The number of esters is 1. The molecule has 27 heavy (non-hydrogen) atoms. The summed E-state index contributed by atoms with van der Waals surface area (Å²) in [6, 6.07) is 6.99. The van der Waals surface area contributed by atoms with Crippen molar-refractivity contribution in [1.82, 2.24) is 15.4 Å². The molecule has 3 amide bonds. The normalized spacial score (nSPS) is 15.1. The van der Waals surface area contributed by atoms with Crippen LogP contribution in [0.2, 0.25) is 0 Å². The molecule has 10 heteroatoms. The minimum atomic E-state index is -3.88. The van der Waals surface area contributed by atoms with Crippen LogP contribution in [0.5, 0.6) is 0 Å². The number of carbonyl (C=O) groups excluding carboxylic acids is 3. The van der Waals surface area contributed by atoms with E-state index < -0.39 is 40.6 Å². The van der Waals surface area contributed by atoms with Crippen LogP contribution in [-0.2, 0) is 24.3 Å². The summed E-state index contributed by atoms with van der Waals surface area (Å²) in [5, 5.41) is 5.49. The van der Waals surface area contributed by atoms with Crippen LogP contribution < -0.4 is 15.4 Å². The summed E-state index contributed by atoms with van der Waals surface area (Å²) in [7, 11) is -3.88. The summed E-state index contributed by atoms with van der Waals surface area (Å²) < 4.78 is 30.8. The Kier molecular flexibility index (Phi) is 7.08. The molecule has 3 N–H and O–H groups in total. The number of urea groups is 1. The predicted molar refractivity (Wildman–Crippen MR) is 97.6 cm³/mol. The van der Waals surface area contributed by atoms with Crippen molar-refractivity contribution in [3.05, 3.63) is 41.3 Å². The topological polar surface area (TPSA) is 131 Å². The number of nitrogens with one attached hydrogen (secondary N) is 3. The molecular formula is C17H21N3O6S. The molecule has 1 aromatic rings. The number of imide groups is 1. The summed E-state index contributed by atoms with van der Waals surface area (Å²) in [4.78, 5) is 34.7. The van der Waals surface area contributed by atoms with Gasteiger partial charge in [-0.3, -0.25) is 14.9 Å². The van der Waals surface area contributed by atoms with Gasteiger partial charge in [0.2, 0.25) is 10.0 Å². The summed E-state index contributed by atoms with van der Waals surface area (Å²) in [5.74, 6) is -1.75. The smallest absolute Gasteiger partial charge is 0.324 e. The molecular weight excluding hydrogens is 374 g/mol. The average Bonchev–Trinajstić information content (AvgIpc) is 3.42. The molecule has 9 nitrogen and oxygen atoms in total. The van der Waals surface area contributed by atoms with E-state index >= 15 is 0 Å². The molecule has 1 aromatic carbocycles. The molecule has 0 spiro atoms. The molecule has 1 fully saturated rings. The first-order valence-electron chi connectivity index (χ1n) is 8.27. The minimum absolute atomic E-state index is 0.0821. The zero-order chi connectivity index (χ0) is 19.9. The van der Waals surface area contributed by atoms with E-state index in [9.17, 15) is 22.8 Å². The van der Waals surface area contributed by atoms with Crippen LogP contribution in [0.15, 0.2) is 35.7 Å². The number of amides is 3. The third kappa shape index (κ3) is 8.01. The van der Waals surface area contributed by atoms with Crippen LogP contribution >= 0.6 is 0 Å². The second-order valence-corrected chi connectivity index (χ2v) is 7.60. The molecule has 0 aliphatic heterocycles. The third-order valence-electron chi connectivity index (χ3n) is 3.44. The molecule has 1 aliphatic carbocycles. The molecule has 0 heterocycles. The van der Waals surface area contributed by atoms with E-state index in [2.05, 4.69) is 10.0 Å². The first-order valence-corrected chi connectivity index (χ1v) is 9.82. The number of benzene rings is 1. The van der Waals surface area contributed by atoms with Crippen LogP contribution in [0.4, 0.5) is 4.79 Å². The molecule has 0 aromatic heterocycles. The van der Waals surface area contributed by atoms with E-state index in [0.29, 0.717) is 5.56 Å². The summed E-state index contributed by atoms with van der Waals surface area (Å²) in [6.45, 7) is 0.594. The fourth-order valence-electron chi connectivity index (χ4n) is 1.94. The van der Waals surface area contributed by atoms with Crippen molar-refractivity contribution >= 4 is 34.0 Å². The summed E-state index contributed by atoms with van der Waals surface area (Å²) in [6.07, 6.45) is 3.12. The van der Waals surface area contributed by atoms with Crippen molar-refractivity contribution in [2.75, 3.05) is 6.61 Å². The van der Waals surface area contributed by atoms with Crippen LogP contribution in [0.25, 0.3) is 6.08 Å². The van der Waals surface area contributed by atoms with Gasteiger partial charge in [0.1, 0.15) is 6.04 Å². The molecule has 0 radical (unpaired) electrons. The average molecular weight is 395 g/mol. The quantitative estimate of drug-likeness (QED) is 0.549. The Balaban J connectivity index is 1.75. The molecule has 1 atom stereocenters. The number of hydrogen-bond acceptors (Lipinski definition) is 6. The first-order chi connectivity index (χ1) is 12.7. The van der Waals surface area contributed by atoms with Crippen molar-refractivity contribution in [1.29, 1.82) is 0 Å². The van der Waals surface area contributed by atoms with Gasteiger partial charge in [0, 0.05) is 11.4 Å². The summed E-state index contributed by atoms with van der Waals surface area (Å²) in [5.41, 5.74) is 0.680. The Morgan fingerprint density at radius 3 is 2.52 bits per heavy atom.